The van der Waals surface area contributed by atoms with E-state index in [1.54, 1.807) is 0 Å². The molecule has 1 aromatic carbocycles. The first-order valence-electron chi connectivity index (χ1n) is 11.0. The van der Waals surface area contributed by atoms with E-state index in [1.165, 1.54) is 5.56 Å². The Hall–Kier alpha value is -1.40. The van der Waals surface area contributed by atoms with Crippen molar-refractivity contribution in [3.05, 3.63) is 35.4 Å². The summed E-state index contributed by atoms with van der Waals surface area (Å²) in [4.78, 5) is 15.0. The number of nitrogens with zero attached hydrogens (tertiary/aromatic N) is 1. The number of amides is 1. The van der Waals surface area contributed by atoms with Crippen molar-refractivity contribution in [2.45, 2.75) is 71.9 Å². The predicted molar refractivity (Wildman–Crippen MR) is 120 cm³/mol. The van der Waals surface area contributed by atoms with E-state index in [9.17, 15) is 13.2 Å². The van der Waals surface area contributed by atoms with Gasteiger partial charge in [-0.25, -0.2) is 8.42 Å². The Bertz CT molecular complexity index is 757. The first-order chi connectivity index (χ1) is 13.6. The Morgan fingerprint density at radius 2 is 1.76 bits per heavy atom. The Labute approximate surface area is 177 Å². The van der Waals surface area contributed by atoms with Crippen LogP contribution in [0.1, 0.15) is 77.0 Å². The first-order valence-corrected chi connectivity index (χ1v) is 12.8. The number of nitrogens with one attached hydrogen (secondary N) is 1. The lowest BCUT2D eigenvalue weighted by molar-refractivity contribution is -0.123. The molecule has 0 radical (unpaired) electrons. The molecule has 1 aromatic rings. The van der Waals surface area contributed by atoms with E-state index < -0.39 is 9.84 Å². The molecule has 1 fully saturated rings. The van der Waals surface area contributed by atoms with Crippen molar-refractivity contribution in [3.63, 3.8) is 0 Å². The summed E-state index contributed by atoms with van der Waals surface area (Å²) in [6.45, 7) is 11.7. The number of benzene rings is 1. The van der Waals surface area contributed by atoms with Gasteiger partial charge in [-0.1, -0.05) is 65.3 Å². The van der Waals surface area contributed by atoms with Gasteiger partial charge in [0, 0.05) is 6.04 Å². The molecule has 0 saturated carbocycles. The van der Waals surface area contributed by atoms with Crippen molar-refractivity contribution in [2.75, 3.05) is 24.6 Å². The van der Waals surface area contributed by atoms with Crippen LogP contribution >= 0.6 is 0 Å². The molecular weight excluding hydrogens is 384 g/mol. The lowest BCUT2D eigenvalue weighted by Gasteiger charge is -2.29. The van der Waals surface area contributed by atoms with Crippen LogP contribution in [-0.2, 0) is 14.6 Å². The fraction of sp³-hybridized carbons (Fsp3) is 0.696. The van der Waals surface area contributed by atoms with Crippen LogP contribution in [0, 0.1) is 5.92 Å². The number of carbonyl (C=O) groups is 1. The molecule has 0 aromatic heterocycles. The Balaban J connectivity index is 2.07. The lowest BCUT2D eigenvalue weighted by atomic mass is 9.93. The maximum absolute atomic E-state index is 12.9. The number of sulfone groups is 1. The van der Waals surface area contributed by atoms with Gasteiger partial charge in [-0.05, 0) is 42.3 Å². The van der Waals surface area contributed by atoms with E-state index in [0.29, 0.717) is 12.3 Å². The van der Waals surface area contributed by atoms with E-state index in [2.05, 4.69) is 69.1 Å². The monoisotopic (exact) mass is 422 g/mol. The van der Waals surface area contributed by atoms with Gasteiger partial charge in [-0.2, -0.15) is 0 Å². The third-order valence-electron chi connectivity index (χ3n) is 5.82. The molecular formula is C23H38N2O3S. The van der Waals surface area contributed by atoms with Crippen molar-refractivity contribution < 1.29 is 13.2 Å². The molecule has 164 valence electrons. The zero-order valence-electron chi connectivity index (χ0n) is 18.6. The van der Waals surface area contributed by atoms with Crippen LogP contribution in [0.4, 0.5) is 0 Å². The molecule has 2 rings (SSSR count). The average Bonchev–Trinajstić information content (AvgIpc) is 3.02. The molecule has 2 unspecified atom stereocenters. The van der Waals surface area contributed by atoms with E-state index in [0.717, 1.165) is 24.9 Å². The molecule has 0 spiro atoms. The molecule has 2 atom stereocenters. The topological polar surface area (TPSA) is 66.5 Å². The van der Waals surface area contributed by atoms with Crippen LogP contribution in [0.25, 0.3) is 0 Å². The van der Waals surface area contributed by atoms with E-state index in [4.69, 9.17) is 0 Å². The summed E-state index contributed by atoms with van der Waals surface area (Å²) in [6, 6.07) is 8.40. The summed E-state index contributed by atoms with van der Waals surface area (Å²) in [5, 5.41) is 3.20. The van der Waals surface area contributed by atoms with Crippen molar-refractivity contribution >= 4 is 15.7 Å². The van der Waals surface area contributed by atoms with Crippen molar-refractivity contribution in [1.29, 1.82) is 0 Å². The highest BCUT2D eigenvalue weighted by molar-refractivity contribution is 7.91. The van der Waals surface area contributed by atoms with Gasteiger partial charge in [0.2, 0.25) is 5.91 Å². The second-order valence-corrected chi connectivity index (χ2v) is 11.2. The van der Waals surface area contributed by atoms with Gasteiger partial charge in [-0.15, -0.1) is 0 Å². The minimum Gasteiger partial charge on any atom is -0.348 e. The van der Waals surface area contributed by atoms with Gasteiger partial charge in [0.15, 0.2) is 9.84 Å². The maximum Gasteiger partial charge on any atom is 0.234 e. The fourth-order valence-corrected chi connectivity index (χ4v) is 5.70. The second kappa shape index (κ2) is 10.6. The van der Waals surface area contributed by atoms with E-state index in [-0.39, 0.29) is 42.0 Å². The van der Waals surface area contributed by atoms with Crippen LogP contribution < -0.4 is 5.32 Å². The number of hydrogen-bond donors (Lipinski definition) is 1. The van der Waals surface area contributed by atoms with Gasteiger partial charge in [0.25, 0.3) is 0 Å². The number of unbranched alkanes of at least 4 members (excludes halogenated alkanes) is 1. The third kappa shape index (κ3) is 7.10. The molecule has 1 N–H and O–H groups in total. The number of hydrogen-bond acceptors (Lipinski definition) is 4. The first kappa shape index (κ1) is 23.9. The zero-order chi connectivity index (χ0) is 21.6. The molecule has 6 heteroatoms. The summed E-state index contributed by atoms with van der Waals surface area (Å²) >= 11 is 0. The smallest absolute Gasteiger partial charge is 0.234 e. The van der Waals surface area contributed by atoms with Crippen LogP contribution in [0.15, 0.2) is 24.3 Å². The molecule has 1 aliphatic rings. The minimum absolute atomic E-state index is 0.0305. The van der Waals surface area contributed by atoms with Crippen LogP contribution in [0.2, 0.25) is 0 Å². The fourth-order valence-electron chi connectivity index (χ4n) is 3.94. The number of rotatable bonds is 10. The second-order valence-electron chi connectivity index (χ2n) is 8.99. The van der Waals surface area contributed by atoms with Gasteiger partial charge in [-0.3, -0.25) is 9.69 Å². The zero-order valence-corrected chi connectivity index (χ0v) is 19.5. The van der Waals surface area contributed by atoms with E-state index in [1.807, 2.05) is 0 Å². The summed E-state index contributed by atoms with van der Waals surface area (Å²) in [5.41, 5.74) is 2.40. The lowest BCUT2D eigenvalue weighted by Crippen LogP contribution is -2.45. The summed E-state index contributed by atoms with van der Waals surface area (Å²) < 4.78 is 23.8. The highest BCUT2D eigenvalue weighted by atomic mass is 32.2. The quantitative estimate of drug-likeness (QED) is 0.621. The summed E-state index contributed by atoms with van der Waals surface area (Å²) in [6.07, 6.45) is 2.62. The molecule has 0 aliphatic carbocycles. The SMILES string of the molecule is CCCCN(CC(=O)NC(c1ccc(C(C)C)cc1)C(C)C)C1CCS(=O)(=O)C1. The Morgan fingerprint density at radius 1 is 1.14 bits per heavy atom. The van der Waals surface area contributed by atoms with Crippen molar-refractivity contribution in [2.24, 2.45) is 5.92 Å². The Kier molecular flexibility index (Phi) is 8.71. The van der Waals surface area contributed by atoms with Crippen LogP contribution in [0.5, 0.6) is 0 Å². The van der Waals surface area contributed by atoms with E-state index >= 15 is 0 Å². The average molecular weight is 423 g/mol. The molecule has 1 saturated heterocycles. The minimum atomic E-state index is -2.97. The van der Waals surface area contributed by atoms with Gasteiger partial charge in [0.05, 0.1) is 24.1 Å². The molecule has 5 nitrogen and oxygen atoms in total. The Morgan fingerprint density at radius 3 is 2.24 bits per heavy atom. The number of carbonyl (C=O) groups excluding carboxylic acids is 1. The standard InChI is InChI=1S/C23H38N2O3S/c1-6-7-13-25(21-12-14-29(27,28)16-21)15-22(26)24-23(18(4)5)20-10-8-19(9-11-20)17(2)3/h8-11,17-18,21,23H,6-7,12-16H2,1-5H3,(H,24,26). The molecule has 1 amide bonds. The largest absolute Gasteiger partial charge is 0.348 e. The molecule has 1 aliphatic heterocycles. The van der Waals surface area contributed by atoms with Gasteiger partial charge in [0.1, 0.15) is 0 Å². The predicted octanol–water partition coefficient (Wildman–Crippen LogP) is 3.91. The molecule has 1 heterocycles. The maximum atomic E-state index is 12.9. The van der Waals surface area contributed by atoms with Crippen LogP contribution in [-0.4, -0.2) is 49.9 Å². The van der Waals surface area contributed by atoms with Crippen molar-refractivity contribution in [1.82, 2.24) is 10.2 Å². The highest BCUT2D eigenvalue weighted by Crippen LogP contribution is 2.24. The normalized spacial score (nSPS) is 19.8. The van der Waals surface area contributed by atoms with Crippen LogP contribution in [0.3, 0.4) is 0 Å². The third-order valence-corrected chi connectivity index (χ3v) is 7.57. The molecule has 29 heavy (non-hydrogen) atoms. The van der Waals surface area contributed by atoms with Gasteiger partial charge >= 0.3 is 0 Å². The summed E-state index contributed by atoms with van der Waals surface area (Å²) in [7, 11) is -2.97. The van der Waals surface area contributed by atoms with Gasteiger partial charge < -0.3 is 5.32 Å². The summed E-state index contributed by atoms with van der Waals surface area (Å²) in [5.74, 6) is 1.12. The van der Waals surface area contributed by atoms with Crippen molar-refractivity contribution in [3.8, 4) is 0 Å². The molecule has 0 bridgehead atoms. The highest BCUT2D eigenvalue weighted by Gasteiger charge is 2.33.